The molecule has 0 saturated heterocycles. The van der Waals surface area contributed by atoms with E-state index in [1.165, 1.54) is 44.5 Å². The molecule has 0 heterocycles. The number of hydrogen-bond donors (Lipinski definition) is 1. The lowest BCUT2D eigenvalue weighted by Crippen LogP contribution is -1.92. The molecule has 0 aliphatic heterocycles. The molecule has 1 nitrogen and oxygen atoms in total. The molecule has 0 amide bonds. The Hall–Kier alpha value is -4.88. The fourth-order valence-electron chi connectivity index (χ4n) is 4.77. The molecule has 0 bridgehead atoms. The van der Waals surface area contributed by atoms with Crippen LogP contribution in [0.15, 0.2) is 158 Å². The monoisotopic (exact) mass is 473 g/mol. The fourth-order valence-corrected chi connectivity index (χ4v) is 4.77. The van der Waals surface area contributed by atoms with Crippen LogP contribution in [0.3, 0.4) is 0 Å². The third kappa shape index (κ3) is 5.07. The Kier molecular flexibility index (Phi) is 6.34. The minimum Gasteiger partial charge on any atom is -0.356 e. The topological polar surface area (TPSA) is 12.0 Å². The van der Waals surface area contributed by atoms with Crippen molar-refractivity contribution in [2.24, 2.45) is 0 Å². The van der Waals surface area contributed by atoms with Crippen LogP contribution in [0.25, 0.3) is 44.5 Å². The van der Waals surface area contributed by atoms with Crippen molar-refractivity contribution < 1.29 is 0 Å². The summed E-state index contributed by atoms with van der Waals surface area (Å²) < 4.78 is 0. The van der Waals surface area contributed by atoms with Gasteiger partial charge in [0.15, 0.2) is 0 Å². The van der Waals surface area contributed by atoms with Gasteiger partial charge in [-0.3, -0.25) is 0 Å². The Labute approximate surface area is 218 Å². The summed E-state index contributed by atoms with van der Waals surface area (Å²) in [6, 6.07) is 55.7. The molecule has 0 saturated carbocycles. The van der Waals surface area contributed by atoms with Gasteiger partial charge in [-0.15, -0.1) is 0 Å². The molecule has 0 atom stereocenters. The van der Waals surface area contributed by atoms with E-state index in [2.05, 4.69) is 157 Å². The molecule has 0 aliphatic carbocycles. The zero-order valence-corrected chi connectivity index (χ0v) is 20.5. The van der Waals surface area contributed by atoms with Crippen LogP contribution in [0.4, 0.5) is 11.4 Å². The molecule has 6 aromatic rings. The molecule has 6 rings (SSSR count). The van der Waals surface area contributed by atoms with E-state index in [9.17, 15) is 0 Å². The van der Waals surface area contributed by atoms with Crippen LogP contribution in [-0.4, -0.2) is 0 Å². The molecule has 0 radical (unpaired) electrons. The van der Waals surface area contributed by atoms with E-state index in [0.717, 1.165) is 11.4 Å². The van der Waals surface area contributed by atoms with Crippen molar-refractivity contribution in [3.8, 4) is 44.5 Å². The normalized spacial score (nSPS) is 10.7. The second kappa shape index (κ2) is 10.4. The summed E-state index contributed by atoms with van der Waals surface area (Å²) in [6.07, 6.45) is 0. The summed E-state index contributed by atoms with van der Waals surface area (Å²) >= 11 is 0. The van der Waals surface area contributed by atoms with E-state index in [1.54, 1.807) is 0 Å². The number of rotatable bonds is 6. The molecule has 6 aromatic carbocycles. The van der Waals surface area contributed by atoms with Gasteiger partial charge in [-0.05, 0) is 74.8 Å². The zero-order chi connectivity index (χ0) is 24.9. The summed E-state index contributed by atoms with van der Waals surface area (Å²) in [5.74, 6) is 0. The summed E-state index contributed by atoms with van der Waals surface area (Å²) in [4.78, 5) is 0. The third-order valence-corrected chi connectivity index (χ3v) is 6.67. The van der Waals surface area contributed by atoms with Gasteiger partial charge in [-0.1, -0.05) is 127 Å². The average molecular weight is 474 g/mol. The summed E-state index contributed by atoms with van der Waals surface area (Å²) in [5, 5.41) is 3.57. The lowest BCUT2D eigenvalue weighted by Gasteiger charge is -2.14. The largest absolute Gasteiger partial charge is 0.356 e. The minimum atomic E-state index is 1.07. The standard InChI is InChI=1S/C36H27N/c1-4-11-27(12-5-1)31-17-10-18-34(25-31)37-33-22-19-30(20-23-33)35-24-21-32(28-13-6-2-7-14-28)26-36(35)29-15-8-3-9-16-29/h1-26,37H. The summed E-state index contributed by atoms with van der Waals surface area (Å²) in [5.41, 5.74) is 11.9. The predicted molar refractivity (Wildman–Crippen MR) is 158 cm³/mol. The highest BCUT2D eigenvalue weighted by Gasteiger charge is 2.10. The Morgan fingerprint density at radius 3 is 1.38 bits per heavy atom. The van der Waals surface area contributed by atoms with Crippen LogP contribution in [0.1, 0.15) is 0 Å². The van der Waals surface area contributed by atoms with Crippen LogP contribution in [0.2, 0.25) is 0 Å². The minimum absolute atomic E-state index is 1.07. The number of hydrogen-bond acceptors (Lipinski definition) is 1. The first kappa shape index (κ1) is 22.6. The second-order valence-corrected chi connectivity index (χ2v) is 9.14. The van der Waals surface area contributed by atoms with Crippen molar-refractivity contribution in [1.82, 2.24) is 0 Å². The lowest BCUT2D eigenvalue weighted by atomic mass is 9.91. The first-order chi connectivity index (χ1) is 18.3. The lowest BCUT2D eigenvalue weighted by molar-refractivity contribution is 1.52. The smallest absolute Gasteiger partial charge is 0.0390 e. The molecule has 1 N–H and O–H groups in total. The zero-order valence-electron chi connectivity index (χ0n) is 20.5. The van der Waals surface area contributed by atoms with Gasteiger partial charge in [0, 0.05) is 11.4 Å². The number of nitrogens with one attached hydrogen (secondary N) is 1. The molecule has 0 fully saturated rings. The van der Waals surface area contributed by atoms with Gasteiger partial charge in [0.25, 0.3) is 0 Å². The molecule has 0 unspecified atom stereocenters. The highest BCUT2D eigenvalue weighted by Crippen LogP contribution is 2.36. The number of benzene rings is 6. The highest BCUT2D eigenvalue weighted by molar-refractivity contribution is 5.87. The van der Waals surface area contributed by atoms with Gasteiger partial charge in [-0.2, -0.15) is 0 Å². The summed E-state index contributed by atoms with van der Waals surface area (Å²) in [6.45, 7) is 0. The first-order valence-corrected chi connectivity index (χ1v) is 12.6. The van der Waals surface area contributed by atoms with Gasteiger partial charge in [0.1, 0.15) is 0 Å². The van der Waals surface area contributed by atoms with Gasteiger partial charge < -0.3 is 5.32 Å². The van der Waals surface area contributed by atoms with Gasteiger partial charge in [-0.25, -0.2) is 0 Å². The summed E-state index contributed by atoms with van der Waals surface area (Å²) in [7, 11) is 0. The van der Waals surface area contributed by atoms with E-state index in [1.807, 2.05) is 6.07 Å². The maximum Gasteiger partial charge on any atom is 0.0390 e. The van der Waals surface area contributed by atoms with Crippen molar-refractivity contribution in [3.63, 3.8) is 0 Å². The molecular weight excluding hydrogens is 446 g/mol. The van der Waals surface area contributed by atoms with Gasteiger partial charge in [0.05, 0.1) is 0 Å². The molecule has 0 aromatic heterocycles. The van der Waals surface area contributed by atoms with E-state index >= 15 is 0 Å². The van der Waals surface area contributed by atoms with Crippen LogP contribution in [0, 0.1) is 0 Å². The number of anilines is 2. The SMILES string of the molecule is c1ccc(-c2cccc(Nc3ccc(-c4ccc(-c5ccccc5)cc4-c4ccccc4)cc3)c2)cc1. The Bertz CT molecular complexity index is 1600. The van der Waals surface area contributed by atoms with E-state index in [-0.39, 0.29) is 0 Å². The van der Waals surface area contributed by atoms with Gasteiger partial charge >= 0.3 is 0 Å². The average Bonchev–Trinajstić information content (AvgIpc) is 2.99. The van der Waals surface area contributed by atoms with Crippen LogP contribution < -0.4 is 5.32 Å². The van der Waals surface area contributed by atoms with Crippen LogP contribution in [0.5, 0.6) is 0 Å². The third-order valence-electron chi connectivity index (χ3n) is 6.67. The fraction of sp³-hybridized carbons (Fsp3) is 0. The van der Waals surface area contributed by atoms with E-state index < -0.39 is 0 Å². The van der Waals surface area contributed by atoms with E-state index in [0.29, 0.717) is 0 Å². The van der Waals surface area contributed by atoms with E-state index in [4.69, 9.17) is 0 Å². The molecule has 0 aliphatic rings. The maximum absolute atomic E-state index is 3.57. The molecule has 176 valence electrons. The highest BCUT2D eigenvalue weighted by atomic mass is 14.9. The van der Waals surface area contributed by atoms with Crippen LogP contribution in [-0.2, 0) is 0 Å². The Balaban J connectivity index is 1.31. The molecule has 37 heavy (non-hydrogen) atoms. The molecular formula is C36H27N. The first-order valence-electron chi connectivity index (χ1n) is 12.6. The maximum atomic E-state index is 3.57. The quantitative estimate of drug-likeness (QED) is 0.254. The van der Waals surface area contributed by atoms with Crippen molar-refractivity contribution >= 4 is 11.4 Å². The molecule has 0 spiro atoms. The van der Waals surface area contributed by atoms with Crippen molar-refractivity contribution in [3.05, 3.63) is 158 Å². The Morgan fingerprint density at radius 2 is 0.757 bits per heavy atom. The predicted octanol–water partition coefficient (Wildman–Crippen LogP) is 10.1. The van der Waals surface area contributed by atoms with Crippen LogP contribution >= 0.6 is 0 Å². The van der Waals surface area contributed by atoms with Gasteiger partial charge in [0.2, 0.25) is 0 Å². The van der Waals surface area contributed by atoms with Crippen molar-refractivity contribution in [2.45, 2.75) is 0 Å². The molecule has 1 heteroatoms. The van der Waals surface area contributed by atoms with Crippen molar-refractivity contribution in [1.29, 1.82) is 0 Å². The second-order valence-electron chi connectivity index (χ2n) is 9.14. The van der Waals surface area contributed by atoms with Crippen molar-refractivity contribution in [2.75, 3.05) is 5.32 Å². The Morgan fingerprint density at radius 1 is 0.270 bits per heavy atom.